The molecule has 0 radical (unpaired) electrons. The van der Waals surface area contributed by atoms with Gasteiger partial charge in [0.05, 0.1) is 22.6 Å². The van der Waals surface area contributed by atoms with Crippen molar-refractivity contribution in [2.24, 2.45) is 0 Å². The van der Waals surface area contributed by atoms with Crippen LogP contribution in [0.25, 0.3) is 10.8 Å². The predicted molar refractivity (Wildman–Crippen MR) is 66.3 cm³/mol. The van der Waals surface area contributed by atoms with Crippen LogP contribution >= 0.6 is 22.9 Å². The summed E-state index contributed by atoms with van der Waals surface area (Å²) in [5, 5.41) is 17.7. The number of hydrogen-bond donors (Lipinski definition) is 0. The van der Waals surface area contributed by atoms with Crippen LogP contribution in [-0.2, 0) is 12.4 Å². The van der Waals surface area contributed by atoms with Crippen LogP contribution in [0, 0.1) is 0 Å². The number of thiophene rings is 1. The zero-order chi connectivity index (χ0) is 12.4. The van der Waals surface area contributed by atoms with E-state index in [1.807, 2.05) is 17.5 Å². The SMILES string of the molecule is ClCc1cn(Cc2nnc(-c3cccs3)o2)nn1. The highest BCUT2D eigenvalue weighted by molar-refractivity contribution is 7.13. The maximum Gasteiger partial charge on any atom is 0.257 e. The molecule has 0 fully saturated rings. The Morgan fingerprint density at radius 1 is 1.33 bits per heavy atom. The zero-order valence-corrected chi connectivity index (χ0v) is 10.7. The van der Waals surface area contributed by atoms with Gasteiger partial charge in [0.15, 0.2) is 0 Å². The second-order valence-corrected chi connectivity index (χ2v) is 4.73. The van der Waals surface area contributed by atoms with Crippen molar-refractivity contribution in [3.8, 4) is 10.8 Å². The lowest BCUT2D eigenvalue weighted by molar-refractivity contribution is 0.470. The first kappa shape index (κ1) is 11.4. The third kappa shape index (κ3) is 2.27. The molecule has 3 rings (SSSR count). The molecule has 0 spiro atoms. The number of hydrogen-bond acceptors (Lipinski definition) is 6. The highest BCUT2D eigenvalue weighted by atomic mass is 35.5. The number of aromatic nitrogens is 5. The molecule has 92 valence electrons. The summed E-state index contributed by atoms with van der Waals surface area (Å²) in [5.74, 6) is 1.35. The first-order valence-corrected chi connectivity index (χ1v) is 6.58. The first-order valence-electron chi connectivity index (χ1n) is 5.16. The highest BCUT2D eigenvalue weighted by Gasteiger charge is 2.10. The number of alkyl halides is 1. The Morgan fingerprint density at radius 3 is 3.00 bits per heavy atom. The van der Waals surface area contributed by atoms with E-state index in [1.165, 1.54) is 0 Å². The molecule has 6 nitrogen and oxygen atoms in total. The summed E-state index contributed by atoms with van der Waals surface area (Å²) in [4.78, 5) is 0.953. The van der Waals surface area contributed by atoms with Crippen LogP contribution in [0.1, 0.15) is 11.6 Å². The largest absolute Gasteiger partial charge is 0.418 e. The minimum atomic E-state index is 0.338. The Kier molecular flexibility index (Phi) is 3.07. The van der Waals surface area contributed by atoms with Gasteiger partial charge in [-0.2, -0.15) is 0 Å². The second kappa shape index (κ2) is 4.87. The van der Waals surface area contributed by atoms with Crippen molar-refractivity contribution >= 4 is 22.9 Å². The van der Waals surface area contributed by atoms with Gasteiger partial charge in [-0.15, -0.1) is 38.2 Å². The van der Waals surface area contributed by atoms with E-state index in [9.17, 15) is 0 Å². The summed E-state index contributed by atoms with van der Waals surface area (Å²) < 4.78 is 7.16. The summed E-state index contributed by atoms with van der Waals surface area (Å²) in [6, 6.07) is 3.87. The molecule has 0 atom stereocenters. The van der Waals surface area contributed by atoms with Crippen LogP contribution in [0.2, 0.25) is 0 Å². The highest BCUT2D eigenvalue weighted by Crippen LogP contribution is 2.22. The van der Waals surface area contributed by atoms with Crippen LogP contribution in [0.4, 0.5) is 0 Å². The molecular formula is C10H8ClN5OS. The summed E-state index contributed by atoms with van der Waals surface area (Å²) in [6.45, 7) is 0.391. The van der Waals surface area contributed by atoms with Crippen LogP contribution in [0.3, 0.4) is 0 Å². The van der Waals surface area contributed by atoms with Gasteiger partial charge < -0.3 is 4.42 Å². The van der Waals surface area contributed by atoms with Gasteiger partial charge >= 0.3 is 0 Å². The van der Waals surface area contributed by atoms with Crippen molar-refractivity contribution < 1.29 is 4.42 Å². The molecular weight excluding hydrogens is 274 g/mol. The Morgan fingerprint density at radius 2 is 2.28 bits per heavy atom. The molecule has 3 aromatic rings. The second-order valence-electron chi connectivity index (χ2n) is 3.52. The fourth-order valence-corrected chi connectivity index (χ4v) is 2.20. The standard InChI is InChI=1S/C10H8ClN5OS/c11-4-7-5-16(15-12-7)6-9-13-14-10(17-9)8-2-1-3-18-8/h1-3,5H,4,6H2. The monoisotopic (exact) mass is 281 g/mol. The third-order valence-electron chi connectivity index (χ3n) is 2.22. The topological polar surface area (TPSA) is 69.6 Å². The molecule has 0 amide bonds. The van der Waals surface area contributed by atoms with Crippen LogP contribution in [0.15, 0.2) is 28.1 Å². The fraction of sp³-hybridized carbons (Fsp3) is 0.200. The van der Waals surface area contributed by atoms with Crippen LogP contribution in [-0.4, -0.2) is 25.2 Å². The number of nitrogens with zero attached hydrogens (tertiary/aromatic N) is 5. The average molecular weight is 282 g/mol. The van der Waals surface area contributed by atoms with Gasteiger partial charge in [-0.1, -0.05) is 11.3 Å². The van der Waals surface area contributed by atoms with Crippen molar-refractivity contribution in [2.45, 2.75) is 12.4 Å². The molecule has 0 bridgehead atoms. The van der Waals surface area contributed by atoms with E-state index < -0.39 is 0 Å². The molecule has 0 saturated heterocycles. The lowest BCUT2D eigenvalue weighted by Gasteiger charge is -1.92. The number of rotatable bonds is 4. The predicted octanol–water partition coefficient (Wildman–Crippen LogP) is 2.18. The van der Waals surface area contributed by atoms with Crippen molar-refractivity contribution in [1.82, 2.24) is 25.2 Å². The molecule has 18 heavy (non-hydrogen) atoms. The Labute approximate surface area is 111 Å². The number of halogens is 1. The Bertz CT molecular complexity index is 632. The molecule has 0 saturated carbocycles. The molecule has 0 aliphatic heterocycles. The first-order chi connectivity index (χ1) is 8.85. The van der Waals surface area contributed by atoms with E-state index in [-0.39, 0.29) is 0 Å². The van der Waals surface area contributed by atoms with E-state index in [4.69, 9.17) is 16.0 Å². The third-order valence-corrected chi connectivity index (χ3v) is 3.35. The molecule has 8 heteroatoms. The van der Waals surface area contributed by atoms with Crippen LogP contribution < -0.4 is 0 Å². The van der Waals surface area contributed by atoms with Gasteiger partial charge in [-0.25, -0.2) is 4.68 Å². The van der Waals surface area contributed by atoms with Crippen LogP contribution in [0.5, 0.6) is 0 Å². The van der Waals surface area contributed by atoms with E-state index in [0.717, 1.165) is 10.6 Å². The summed E-state index contributed by atoms with van der Waals surface area (Å²) in [5.41, 5.74) is 0.717. The van der Waals surface area contributed by atoms with Crippen molar-refractivity contribution in [2.75, 3.05) is 0 Å². The lowest BCUT2D eigenvalue weighted by atomic mass is 10.5. The van der Waals surface area contributed by atoms with Crippen molar-refractivity contribution in [3.05, 3.63) is 35.3 Å². The van der Waals surface area contributed by atoms with E-state index in [1.54, 1.807) is 22.2 Å². The lowest BCUT2D eigenvalue weighted by Crippen LogP contribution is -2.00. The smallest absolute Gasteiger partial charge is 0.257 e. The van der Waals surface area contributed by atoms with E-state index in [0.29, 0.717) is 24.2 Å². The molecule has 0 N–H and O–H groups in total. The quantitative estimate of drug-likeness (QED) is 0.686. The molecule has 0 aromatic carbocycles. The molecule has 3 aromatic heterocycles. The van der Waals surface area contributed by atoms with Crippen molar-refractivity contribution in [3.63, 3.8) is 0 Å². The van der Waals surface area contributed by atoms with Gasteiger partial charge in [-0.3, -0.25) is 0 Å². The zero-order valence-electron chi connectivity index (χ0n) is 9.15. The van der Waals surface area contributed by atoms with Gasteiger partial charge in [0.2, 0.25) is 5.89 Å². The molecule has 0 aliphatic carbocycles. The fourth-order valence-electron chi connectivity index (χ4n) is 1.43. The van der Waals surface area contributed by atoms with Gasteiger partial charge in [0.25, 0.3) is 5.89 Å². The Balaban J connectivity index is 1.77. The van der Waals surface area contributed by atoms with Gasteiger partial charge in [-0.05, 0) is 11.4 Å². The minimum absolute atomic E-state index is 0.338. The summed E-state index contributed by atoms with van der Waals surface area (Å²) >= 11 is 7.20. The molecule has 0 aliphatic rings. The summed E-state index contributed by atoms with van der Waals surface area (Å²) in [7, 11) is 0. The summed E-state index contributed by atoms with van der Waals surface area (Å²) in [6.07, 6.45) is 1.75. The van der Waals surface area contributed by atoms with E-state index in [2.05, 4.69) is 20.5 Å². The maximum atomic E-state index is 5.65. The minimum Gasteiger partial charge on any atom is -0.418 e. The van der Waals surface area contributed by atoms with E-state index >= 15 is 0 Å². The van der Waals surface area contributed by atoms with Gasteiger partial charge in [0, 0.05) is 0 Å². The Hall–Kier alpha value is -1.73. The molecule has 3 heterocycles. The van der Waals surface area contributed by atoms with Gasteiger partial charge in [0.1, 0.15) is 6.54 Å². The molecule has 0 unspecified atom stereocenters. The normalized spacial score (nSPS) is 10.9. The average Bonchev–Trinajstić information content (AvgIpc) is 3.10. The van der Waals surface area contributed by atoms with Crippen molar-refractivity contribution in [1.29, 1.82) is 0 Å². The maximum absolute atomic E-state index is 5.65.